The fraction of sp³-hybridized carbons (Fsp3) is 0.357. The van der Waals surface area contributed by atoms with E-state index in [1.165, 1.54) is 6.20 Å². The van der Waals surface area contributed by atoms with Crippen molar-refractivity contribution in [1.82, 2.24) is 19.9 Å². The Bertz CT molecular complexity index is 689. The number of carbonyl (C=O) groups is 1. The minimum atomic E-state index is -0.428. The predicted molar refractivity (Wildman–Crippen MR) is 81.2 cm³/mol. The molecule has 8 heteroatoms. The Morgan fingerprint density at radius 3 is 2.68 bits per heavy atom. The molecule has 3 N–H and O–H groups in total. The van der Waals surface area contributed by atoms with Crippen LogP contribution < -0.4 is 11.1 Å². The standard InChI is InChI=1S/C14H18N6O2/c1-4-22-13(21)11-7-18-14(19-8(11)2)17-6-10-5-16-9(3)20-12(10)15/h5,7H,4,6H2,1-3H3,(H2,15,16,20)(H,17,18,19). The van der Waals surface area contributed by atoms with Gasteiger partial charge in [0.25, 0.3) is 0 Å². The Kier molecular flexibility index (Phi) is 4.82. The molecule has 0 amide bonds. The van der Waals surface area contributed by atoms with Gasteiger partial charge in [0.2, 0.25) is 5.95 Å². The molecule has 2 aromatic heterocycles. The van der Waals surface area contributed by atoms with Crippen LogP contribution in [0.1, 0.15) is 34.4 Å². The van der Waals surface area contributed by atoms with E-state index in [0.29, 0.717) is 42.0 Å². The highest BCUT2D eigenvalue weighted by Gasteiger charge is 2.12. The van der Waals surface area contributed by atoms with Crippen molar-refractivity contribution in [3.05, 3.63) is 35.0 Å². The predicted octanol–water partition coefficient (Wildman–Crippen LogP) is 1.25. The van der Waals surface area contributed by atoms with E-state index in [4.69, 9.17) is 10.5 Å². The third-order valence-corrected chi connectivity index (χ3v) is 2.93. The molecule has 0 saturated carbocycles. The molecule has 0 aliphatic rings. The fourth-order valence-corrected chi connectivity index (χ4v) is 1.78. The summed E-state index contributed by atoms with van der Waals surface area (Å²) in [5.41, 5.74) is 7.47. The number of rotatable bonds is 5. The lowest BCUT2D eigenvalue weighted by Crippen LogP contribution is -2.12. The van der Waals surface area contributed by atoms with Crippen LogP contribution in [0.4, 0.5) is 11.8 Å². The van der Waals surface area contributed by atoms with E-state index in [1.54, 1.807) is 27.0 Å². The maximum atomic E-state index is 11.7. The summed E-state index contributed by atoms with van der Waals surface area (Å²) in [4.78, 5) is 28.2. The maximum Gasteiger partial charge on any atom is 0.341 e. The number of ether oxygens (including phenoxy) is 1. The number of aromatic nitrogens is 4. The quantitative estimate of drug-likeness (QED) is 0.793. The number of hydrogen-bond acceptors (Lipinski definition) is 8. The van der Waals surface area contributed by atoms with Gasteiger partial charge in [-0.2, -0.15) is 0 Å². The van der Waals surface area contributed by atoms with Crippen LogP contribution in [0.25, 0.3) is 0 Å². The van der Waals surface area contributed by atoms with Crippen LogP contribution in [-0.4, -0.2) is 32.5 Å². The van der Waals surface area contributed by atoms with E-state index in [2.05, 4.69) is 25.3 Å². The zero-order valence-electron chi connectivity index (χ0n) is 12.8. The molecular formula is C14H18N6O2. The molecule has 0 atom stereocenters. The Labute approximate surface area is 128 Å². The summed E-state index contributed by atoms with van der Waals surface area (Å²) in [5, 5.41) is 3.03. The smallest absolute Gasteiger partial charge is 0.341 e. The summed E-state index contributed by atoms with van der Waals surface area (Å²) >= 11 is 0. The van der Waals surface area contributed by atoms with Gasteiger partial charge in [0.1, 0.15) is 11.6 Å². The van der Waals surface area contributed by atoms with Crippen molar-refractivity contribution in [2.75, 3.05) is 17.7 Å². The van der Waals surface area contributed by atoms with Gasteiger partial charge in [-0.1, -0.05) is 0 Å². The number of nitrogens with zero attached hydrogens (tertiary/aromatic N) is 4. The molecule has 0 unspecified atom stereocenters. The number of nitrogens with one attached hydrogen (secondary N) is 1. The lowest BCUT2D eigenvalue weighted by molar-refractivity contribution is 0.0524. The number of nitrogen functional groups attached to an aromatic ring is 1. The highest BCUT2D eigenvalue weighted by Crippen LogP contribution is 2.12. The highest BCUT2D eigenvalue weighted by atomic mass is 16.5. The zero-order valence-corrected chi connectivity index (χ0v) is 12.8. The second-order valence-corrected chi connectivity index (χ2v) is 4.59. The van der Waals surface area contributed by atoms with Crippen molar-refractivity contribution in [2.45, 2.75) is 27.3 Å². The van der Waals surface area contributed by atoms with E-state index >= 15 is 0 Å². The van der Waals surface area contributed by atoms with E-state index in [-0.39, 0.29) is 0 Å². The number of esters is 1. The minimum Gasteiger partial charge on any atom is -0.462 e. The molecule has 0 aliphatic heterocycles. The minimum absolute atomic E-state index is 0.310. The molecule has 0 spiro atoms. The van der Waals surface area contributed by atoms with Crippen LogP contribution in [0.3, 0.4) is 0 Å². The molecular weight excluding hydrogens is 284 g/mol. The summed E-state index contributed by atoms with van der Waals surface area (Å²) in [6.45, 7) is 5.95. The Balaban J connectivity index is 2.08. The number of aryl methyl sites for hydroxylation is 2. The summed E-state index contributed by atoms with van der Waals surface area (Å²) in [5.74, 6) is 1.00. The molecule has 22 heavy (non-hydrogen) atoms. The number of anilines is 2. The third kappa shape index (κ3) is 3.66. The van der Waals surface area contributed by atoms with Crippen molar-refractivity contribution in [1.29, 1.82) is 0 Å². The van der Waals surface area contributed by atoms with Gasteiger partial charge in [-0.25, -0.2) is 24.7 Å². The van der Waals surface area contributed by atoms with Crippen LogP contribution in [0, 0.1) is 13.8 Å². The van der Waals surface area contributed by atoms with Gasteiger partial charge in [-0.05, 0) is 20.8 Å². The first kappa shape index (κ1) is 15.6. The molecule has 0 aromatic carbocycles. The molecule has 116 valence electrons. The van der Waals surface area contributed by atoms with Gasteiger partial charge in [0.15, 0.2) is 0 Å². The van der Waals surface area contributed by atoms with Crippen LogP contribution >= 0.6 is 0 Å². The Morgan fingerprint density at radius 1 is 1.27 bits per heavy atom. The summed E-state index contributed by atoms with van der Waals surface area (Å²) < 4.78 is 4.93. The summed E-state index contributed by atoms with van der Waals surface area (Å²) in [6.07, 6.45) is 3.10. The monoisotopic (exact) mass is 302 g/mol. The molecule has 0 bridgehead atoms. The van der Waals surface area contributed by atoms with Gasteiger partial charge in [0, 0.05) is 24.5 Å². The third-order valence-electron chi connectivity index (χ3n) is 2.93. The fourth-order valence-electron chi connectivity index (χ4n) is 1.78. The van der Waals surface area contributed by atoms with E-state index < -0.39 is 5.97 Å². The number of nitrogens with two attached hydrogens (primary N) is 1. The van der Waals surface area contributed by atoms with E-state index in [0.717, 1.165) is 5.56 Å². The largest absolute Gasteiger partial charge is 0.462 e. The molecule has 2 aromatic rings. The highest BCUT2D eigenvalue weighted by molar-refractivity contribution is 5.90. The van der Waals surface area contributed by atoms with Crippen molar-refractivity contribution in [2.24, 2.45) is 0 Å². The van der Waals surface area contributed by atoms with Crippen molar-refractivity contribution in [3.8, 4) is 0 Å². The van der Waals surface area contributed by atoms with Crippen molar-refractivity contribution >= 4 is 17.7 Å². The van der Waals surface area contributed by atoms with E-state index in [1.807, 2.05) is 0 Å². The molecule has 0 fully saturated rings. The van der Waals surface area contributed by atoms with E-state index in [9.17, 15) is 4.79 Å². The second kappa shape index (κ2) is 6.79. The van der Waals surface area contributed by atoms with Crippen LogP contribution in [0.5, 0.6) is 0 Å². The maximum absolute atomic E-state index is 11.7. The number of hydrogen-bond donors (Lipinski definition) is 2. The molecule has 2 heterocycles. The SMILES string of the molecule is CCOC(=O)c1cnc(NCc2cnc(C)nc2N)nc1C. The average Bonchev–Trinajstić information content (AvgIpc) is 2.46. The van der Waals surface area contributed by atoms with Gasteiger partial charge in [-0.3, -0.25) is 0 Å². The van der Waals surface area contributed by atoms with Gasteiger partial charge >= 0.3 is 5.97 Å². The first-order chi connectivity index (χ1) is 10.5. The Hall–Kier alpha value is -2.77. The Morgan fingerprint density at radius 2 is 2.05 bits per heavy atom. The first-order valence-corrected chi connectivity index (χ1v) is 6.84. The molecule has 0 saturated heterocycles. The summed E-state index contributed by atoms with van der Waals surface area (Å²) in [7, 11) is 0. The normalized spacial score (nSPS) is 10.3. The topological polar surface area (TPSA) is 116 Å². The second-order valence-electron chi connectivity index (χ2n) is 4.59. The molecule has 0 aliphatic carbocycles. The van der Waals surface area contributed by atoms with Crippen molar-refractivity contribution < 1.29 is 9.53 Å². The van der Waals surface area contributed by atoms with Crippen LogP contribution in [0.15, 0.2) is 12.4 Å². The lowest BCUT2D eigenvalue weighted by Gasteiger charge is -2.09. The first-order valence-electron chi connectivity index (χ1n) is 6.84. The van der Waals surface area contributed by atoms with Gasteiger partial charge < -0.3 is 15.8 Å². The zero-order chi connectivity index (χ0) is 16.1. The summed E-state index contributed by atoms with van der Waals surface area (Å²) in [6, 6.07) is 0. The average molecular weight is 302 g/mol. The van der Waals surface area contributed by atoms with Gasteiger partial charge in [-0.15, -0.1) is 0 Å². The van der Waals surface area contributed by atoms with Crippen LogP contribution in [0.2, 0.25) is 0 Å². The van der Waals surface area contributed by atoms with Gasteiger partial charge in [0.05, 0.1) is 17.9 Å². The molecule has 0 radical (unpaired) electrons. The lowest BCUT2D eigenvalue weighted by atomic mass is 10.2. The molecule has 8 nitrogen and oxygen atoms in total. The van der Waals surface area contributed by atoms with Crippen LogP contribution in [-0.2, 0) is 11.3 Å². The van der Waals surface area contributed by atoms with Crippen molar-refractivity contribution in [3.63, 3.8) is 0 Å². The number of carbonyl (C=O) groups excluding carboxylic acids is 1. The molecule has 2 rings (SSSR count).